The molecular weight excluding hydrogens is 270 g/mol. The normalized spacial score (nSPS) is 12.6. The topological polar surface area (TPSA) is 53.8 Å². The minimum Gasteiger partial charge on any atom is -0.388 e. The SMILES string of the molecule is CCn1c(CC(O)c2ccc(Cl)cc2)n[nH]c1=S. The zero-order valence-electron chi connectivity index (χ0n) is 9.93. The number of nitrogens with zero attached hydrogens (tertiary/aromatic N) is 2. The second kappa shape index (κ2) is 5.65. The molecule has 1 atom stereocenters. The molecule has 0 bridgehead atoms. The third-order valence-corrected chi connectivity index (χ3v) is 3.35. The number of aromatic amines is 1. The molecule has 0 radical (unpaired) electrons. The highest BCUT2D eigenvalue weighted by Gasteiger charge is 2.13. The number of aliphatic hydroxyl groups is 1. The highest BCUT2D eigenvalue weighted by Crippen LogP contribution is 2.19. The summed E-state index contributed by atoms with van der Waals surface area (Å²) in [7, 11) is 0. The van der Waals surface area contributed by atoms with E-state index < -0.39 is 6.10 Å². The van der Waals surface area contributed by atoms with Crippen LogP contribution in [0.2, 0.25) is 5.02 Å². The van der Waals surface area contributed by atoms with E-state index in [0.717, 1.165) is 17.9 Å². The van der Waals surface area contributed by atoms with Crippen molar-refractivity contribution >= 4 is 23.8 Å². The van der Waals surface area contributed by atoms with E-state index in [9.17, 15) is 5.11 Å². The van der Waals surface area contributed by atoms with Crippen molar-refractivity contribution in [3.05, 3.63) is 45.4 Å². The summed E-state index contributed by atoms with van der Waals surface area (Å²) in [5, 5.41) is 17.7. The van der Waals surface area contributed by atoms with E-state index in [1.807, 2.05) is 23.6 Å². The van der Waals surface area contributed by atoms with Gasteiger partial charge in [-0.2, -0.15) is 5.10 Å². The van der Waals surface area contributed by atoms with Crippen molar-refractivity contribution in [3.63, 3.8) is 0 Å². The van der Waals surface area contributed by atoms with Crippen LogP contribution in [-0.2, 0) is 13.0 Å². The summed E-state index contributed by atoms with van der Waals surface area (Å²) in [4.78, 5) is 0. The summed E-state index contributed by atoms with van der Waals surface area (Å²) in [6.07, 6.45) is -0.194. The summed E-state index contributed by atoms with van der Waals surface area (Å²) >= 11 is 10.9. The van der Waals surface area contributed by atoms with Crippen molar-refractivity contribution in [2.24, 2.45) is 0 Å². The van der Waals surface area contributed by atoms with Gasteiger partial charge in [0.2, 0.25) is 0 Å². The first-order valence-corrected chi connectivity index (χ1v) is 6.48. The molecule has 2 N–H and O–H groups in total. The Morgan fingerprint density at radius 2 is 2.11 bits per heavy atom. The van der Waals surface area contributed by atoms with Crippen molar-refractivity contribution in [1.29, 1.82) is 0 Å². The van der Waals surface area contributed by atoms with Gasteiger partial charge in [0.05, 0.1) is 6.10 Å². The largest absolute Gasteiger partial charge is 0.388 e. The summed E-state index contributed by atoms with van der Waals surface area (Å²) in [6.45, 7) is 2.72. The van der Waals surface area contributed by atoms with E-state index >= 15 is 0 Å². The van der Waals surface area contributed by atoms with Crippen molar-refractivity contribution in [3.8, 4) is 0 Å². The number of rotatable bonds is 4. The number of hydrogen-bond donors (Lipinski definition) is 2. The lowest BCUT2D eigenvalue weighted by molar-refractivity contribution is 0.174. The fraction of sp³-hybridized carbons (Fsp3) is 0.333. The molecule has 1 unspecified atom stereocenters. The van der Waals surface area contributed by atoms with Crippen LogP contribution in [0.5, 0.6) is 0 Å². The molecule has 0 saturated heterocycles. The van der Waals surface area contributed by atoms with Crippen molar-refractivity contribution in [2.75, 3.05) is 0 Å². The molecule has 1 aromatic heterocycles. The maximum atomic E-state index is 10.1. The van der Waals surface area contributed by atoms with Gasteiger partial charge in [-0.1, -0.05) is 23.7 Å². The third-order valence-electron chi connectivity index (χ3n) is 2.78. The van der Waals surface area contributed by atoms with Crippen LogP contribution in [0, 0.1) is 4.77 Å². The highest BCUT2D eigenvalue weighted by molar-refractivity contribution is 7.71. The zero-order valence-corrected chi connectivity index (χ0v) is 11.5. The number of hydrogen-bond acceptors (Lipinski definition) is 3. The molecule has 1 aromatic carbocycles. The number of H-pyrrole nitrogens is 1. The summed E-state index contributed by atoms with van der Waals surface area (Å²) < 4.78 is 2.45. The molecule has 0 spiro atoms. The smallest absolute Gasteiger partial charge is 0.195 e. The van der Waals surface area contributed by atoms with Crippen LogP contribution in [0.25, 0.3) is 0 Å². The predicted molar refractivity (Wildman–Crippen MR) is 73.2 cm³/mol. The summed E-state index contributed by atoms with van der Waals surface area (Å²) in [5.74, 6) is 0.755. The summed E-state index contributed by atoms with van der Waals surface area (Å²) in [6, 6.07) is 7.14. The van der Waals surface area contributed by atoms with Gasteiger partial charge in [-0.25, -0.2) is 0 Å². The molecule has 0 saturated carbocycles. The molecule has 0 amide bonds. The van der Waals surface area contributed by atoms with E-state index in [1.54, 1.807) is 12.1 Å². The van der Waals surface area contributed by atoms with E-state index in [0.29, 0.717) is 16.2 Å². The van der Waals surface area contributed by atoms with Crippen molar-refractivity contribution in [1.82, 2.24) is 14.8 Å². The first-order chi connectivity index (χ1) is 8.61. The van der Waals surface area contributed by atoms with Gasteiger partial charge in [0, 0.05) is 18.0 Å². The minimum atomic E-state index is -0.613. The Labute approximate surface area is 115 Å². The van der Waals surface area contributed by atoms with Gasteiger partial charge in [0.15, 0.2) is 4.77 Å². The molecule has 18 heavy (non-hydrogen) atoms. The number of halogens is 1. The monoisotopic (exact) mass is 283 g/mol. The molecule has 2 aromatic rings. The number of nitrogens with one attached hydrogen (secondary N) is 1. The predicted octanol–water partition coefficient (Wildman–Crippen LogP) is 2.89. The zero-order chi connectivity index (χ0) is 13.1. The second-order valence-electron chi connectivity index (χ2n) is 3.96. The minimum absolute atomic E-state index is 0.419. The fourth-order valence-electron chi connectivity index (χ4n) is 1.81. The Morgan fingerprint density at radius 1 is 1.44 bits per heavy atom. The van der Waals surface area contributed by atoms with Crippen LogP contribution < -0.4 is 0 Å². The average molecular weight is 284 g/mol. The molecule has 0 aliphatic heterocycles. The molecule has 1 heterocycles. The van der Waals surface area contributed by atoms with E-state index in [2.05, 4.69) is 10.2 Å². The molecule has 0 fully saturated rings. The molecule has 6 heteroatoms. The lowest BCUT2D eigenvalue weighted by atomic mass is 10.1. The molecule has 0 aliphatic carbocycles. The lowest BCUT2D eigenvalue weighted by Gasteiger charge is -2.11. The first-order valence-electron chi connectivity index (χ1n) is 5.69. The molecule has 0 aliphatic rings. The van der Waals surface area contributed by atoms with E-state index in [4.69, 9.17) is 23.8 Å². The number of aromatic nitrogens is 3. The molecule has 2 rings (SSSR count). The molecular formula is C12H14ClN3OS. The second-order valence-corrected chi connectivity index (χ2v) is 4.78. The van der Waals surface area contributed by atoms with Crippen molar-refractivity contribution < 1.29 is 5.11 Å². The third kappa shape index (κ3) is 2.80. The van der Waals surface area contributed by atoms with Crippen LogP contribution in [0.15, 0.2) is 24.3 Å². The van der Waals surface area contributed by atoms with E-state index in [-0.39, 0.29) is 0 Å². The fourth-order valence-corrected chi connectivity index (χ4v) is 2.21. The standard InChI is InChI=1S/C12H14ClN3OS/c1-2-16-11(14-15-12(16)18)7-10(17)8-3-5-9(13)6-4-8/h3-6,10,17H,2,7H2,1H3,(H,15,18). The Bertz CT molecular complexity index is 576. The van der Waals surface area contributed by atoms with Gasteiger partial charge in [-0.15, -0.1) is 0 Å². The lowest BCUT2D eigenvalue weighted by Crippen LogP contribution is -2.08. The van der Waals surface area contributed by atoms with Crippen LogP contribution in [-0.4, -0.2) is 19.9 Å². The Kier molecular flexibility index (Phi) is 4.16. The average Bonchev–Trinajstić information content (AvgIpc) is 2.70. The van der Waals surface area contributed by atoms with E-state index in [1.165, 1.54) is 0 Å². The van der Waals surface area contributed by atoms with Crippen LogP contribution >= 0.6 is 23.8 Å². The van der Waals surface area contributed by atoms with Gasteiger partial charge in [-0.05, 0) is 36.8 Å². The van der Waals surface area contributed by atoms with Gasteiger partial charge in [-0.3, -0.25) is 5.10 Å². The Balaban J connectivity index is 2.18. The van der Waals surface area contributed by atoms with Crippen LogP contribution in [0.1, 0.15) is 24.4 Å². The number of aliphatic hydroxyl groups excluding tert-OH is 1. The molecule has 4 nitrogen and oxygen atoms in total. The molecule has 96 valence electrons. The Morgan fingerprint density at radius 3 is 2.72 bits per heavy atom. The van der Waals surface area contributed by atoms with Gasteiger partial charge in [0.1, 0.15) is 5.82 Å². The van der Waals surface area contributed by atoms with Crippen LogP contribution in [0.3, 0.4) is 0 Å². The maximum Gasteiger partial charge on any atom is 0.195 e. The maximum absolute atomic E-state index is 10.1. The highest BCUT2D eigenvalue weighted by atomic mass is 35.5. The quantitative estimate of drug-likeness (QED) is 0.849. The van der Waals surface area contributed by atoms with Gasteiger partial charge in [0.25, 0.3) is 0 Å². The Hall–Kier alpha value is -1.17. The van der Waals surface area contributed by atoms with Gasteiger partial charge < -0.3 is 9.67 Å². The van der Waals surface area contributed by atoms with Crippen LogP contribution in [0.4, 0.5) is 0 Å². The first kappa shape index (κ1) is 13.3. The number of benzene rings is 1. The van der Waals surface area contributed by atoms with Crippen molar-refractivity contribution in [2.45, 2.75) is 26.0 Å². The van der Waals surface area contributed by atoms with Gasteiger partial charge >= 0.3 is 0 Å². The summed E-state index contributed by atoms with van der Waals surface area (Å²) in [5.41, 5.74) is 0.816.